The number of aromatic amines is 2. The van der Waals surface area contributed by atoms with E-state index in [2.05, 4.69) is 62.4 Å². The van der Waals surface area contributed by atoms with E-state index in [-0.39, 0.29) is 0 Å². The van der Waals surface area contributed by atoms with Gasteiger partial charge in [-0.15, -0.1) is 0 Å². The lowest BCUT2D eigenvalue weighted by atomic mass is 10.0. The first-order chi connectivity index (χ1) is 16.2. The van der Waals surface area contributed by atoms with E-state index >= 15 is 0 Å². The molecule has 5 rings (SSSR count). The van der Waals surface area contributed by atoms with Crippen molar-refractivity contribution in [2.24, 2.45) is 0 Å². The minimum atomic E-state index is -0.532. The van der Waals surface area contributed by atoms with Gasteiger partial charge in [0.25, 0.3) is 5.91 Å². The minimum absolute atomic E-state index is 0.314. The molecule has 4 aromatic rings. The number of aromatic nitrogens is 3. The van der Waals surface area contributed by atoms with Crippen molar-refractivity contribution < 1.29 is 10.0 Å². The summed E-state index contributed by atoms with van der Waals surface area (Å²) in [5.41, 5.74) is 7.72. The standard InChI is InChI=1S/C26H27N5O2/c32-26(30-33)10-6-18-5-8-22-19(15-18)7-9-24(22)31(17-25-27-12-13-28-25)14-11-20-16-29-23-4-2-1-3-21(20)23/h1-6,8,10,12-13,15-16,24,29,33H,7,9,11,14,17H2,(H,27,28)(H,30,32)/b10-6+. The van der Waals surface area contributed by atoms with Crippen molar-refractivity contribution in [3.8, 4) is 0 Å². The molecule has 0 radical (unpaired) electrons. The van der Waals surface area contributed by atoms with Crippen molar-refractivity contribution in [3.63, 3.8) is 0 Å². The third-order valence-corrected chi connectivity index (χ3v) is 6.44. The molecule has 1 unspecified atom stereocenters. The van der Waals surface area contributed by atoms with E-state index in [9.17, 15) is 4.79 Å². The number of imidazole rings is 1. The van der Waals surface area contributed by atoms with Gasteiger partial charge in [0, 0.05) is 48.2 Å². The fourth-order valence-electron chi connectivity index (χ4n) is 4.83. The zero-order valence-electron chi connectivity index (χ0n) is 18.3. The average Bonchev–Trinajstić information content (AvgIpc) is 3.60. The molecule has 0 spiro atoms. The van der Waals surface area contributed by atoms with Gasteiger partial charge in [-0.3, -0.25) is 14.9 Å². The molecule has 168 valence electrons. The second-order valence-corrected chi connectivity index (χ2v) is 8.44. The summed E-state index contributed by atoms with van der Waals surface area (Å²) >= 11 is 0. The molecular formula is C26H27N5O2. The molecule has 7 nitrogen and oxygen atoms in total. The number of hydrogen-bond acceptors (Lipinski definition) is 4. The summed E-state index contributed by atoms with van der Waals surface area (Å²) in [6, 6.07) is 15.1. The van der Waals surface area contributed by atoms with Crippen LogP contribution in [-0.2, 0) is 24.2 Å². The maximum absolute atomic E-state index is 11.3. The Bertz CT molecular complexity index is 1280. The van der Waals surface area contributed by atoms with Gasteiger partial charge in [0.05, 0.1) is 6.54 Å². The van der Waals surface area contributed by atoms with Crippen LogP contribution in [0.15, 0.2) is 67.1 Å². The van der Waals surface area contributed by atoms with Crippen molar-refractivity contribution in [1.82, 2.24) is 25.3 Å². The minimum Gasteiger partial charge on any atom is -0.361 e. The molecule has 0 saturated carbocycles. The number of amides is 1. The van der Waals surface area contributed by atoms with Gasteiger partial charge in [0.15, 0.2) is 0 Å². The molecule has 4 N–H and O–H groups in total. The first kappa shape index (κ1) is 21.2. The number of carbonyl (C=O) groups is 1. The Hall–Kier alpha value is -3.68. The van der Waals surface area contributed by atoms with Crippen LogP contribution in [0.25, 0.3) is 17.0 Å². The molecule has 0 fully saturated rings. The number of hydrogen-bond donors (Lipinski definition) is 4. The van der Waals surface area contributed by atoms with Crippen LogP contribution >= 0.6 is 0 Å². The number of nitrogens with one attached hydrogen (secondary N) is 3. The van der Waals surface area contributed by atoms with E-state index in [1.165, 1.54) is 33.7 Å². The fraction of sp³-hybridized carbons (Fsp3) is 0.231. The number of aryl methyl sites for hydroxylation is 1. The van der Waals surface area contributed by atoms with E-state index < -0.39 is 5.91 Å². The molecule has 1 aliphatic carbocycles. The highest BCUT2D eigenvalue weighted by atomic mass is 16.5. The topological polar surface area (TPSA) is 97.0 Å². The molecule has 7 heteroatoms. The lowest BCUT2D eigenvalue weighted by molar-refractivity contribution is -0.124. The molecule has 1 amide bonds. The molecule has 1 atom stereocenters. The zero-order chi connectivity index (χ0) is 22.6. The van der Waals surface area contributed by atoms with Gasteiger partial charge in [-0.05, 0) is 53.7 Å². The van der Waals surface area contributed by atoms with Crippen molar-refractivity contribution in [1.29, 1.82) is 0 Å². The Morgan fingerprint density at radius 3 is 3.00 bits per heavy atom. The summed E-state index contributed by atoms with van der Waals surface area (Å²) in [5, 5.41) is 9.96. The fourth-order valence-corrected chi connectivity index (χ4v) is 4.83. The molecule has 0 bridgehead atoms. The summed E-state index contributed by atoms with van der Waals surface area (Å²) in [7, 11) is 0. The van der Waals surface area contributed by atoms with Crippen LogP contribution in [0.5, 0.6) is 0 Å². The van der Waals surface area contributed by atoms with Gasteiger partial charge in [-0.25, -0.2) is 10.5 Å². The SMILES string of the molecule is O=C(/C=C/c1ccc2c(c1)CCC2N(CCc1c[nH]c2ccccc12)Cc1ncc[nH]1)NO. The predicted molar refractivity (Wildman–Crippen MR) is 127 cm³/mol. The van der Waals surface area contributed by atoms with Crippen molar-refractivity contribution >= 4 is 22.9 Å². The molecule has 0 aliphatic heterocycles. The lowest BCUT2D eigenvalue weighted by Gasteiger charge is -2.29. The summed E-state index contributed by atoms with van der Waals surface area (Å²) in [5.74, 6) is 0.437. The summed E-state index contributed by atoms with van der Waals surface area (Å²) in [4.78, 5) is 24.9. The number of para-hydroxylation sites is 1. The third-order valence-electron chi connectivity index (χ3n) is 6.44. The quantitative estimate of drug-likeness (QED) is 0.188. The highest BCUT2D eigenvalue weighted by Crippen LogP contribution is 2.37. The second-order valence-electron chi connectivity index (χ2n) is 8.44. The normalized spacial score (nSPS) is 15.5. The zero-order valence-corrected chi connectivity index (χ0v) is 18.3. The van der Waals surface area contributed by atoms with Crippen LogP contribution in [0, 0.1) is 0 Å². The Morgan fingerprint density at radius 1 is 1.24 bits per heavy atom. The van der Waals surface area contributed by atoms with Crippen LogP contribution in [0.1, 0.15) is 40.5 Å². The Kier molecular flexibility index (Phi) is 6.06. The van der Waals surface area contributed by atoms with Gasteiger partial charge in [-0.1, -0.05) is 36.4 Å². The van der Waals surface area contributed by atoms with Crippen LogP contribution < -0.4 is 5.48 Å². The van der Waals surface area contributed by atoms with Crippen LogP contribution in [0.2, 0.25) is 0 Å². The number of H-pyrrole nitrogens is 2. The van der Waals surface area contributed by atoms with Gasteiger partial charge in [-0.2, -0.15) is 0 Å². The average molecular weight is 442 g/mol. The van der Waals surface area contributed by atoms with Crippen molar-refractivity contribution in [2.45, 2.75) is 31.8 Å². The largest absolute Gasteiger partial charge is 0.361 e. The lowest BCUT2D eigenvalue weighted by Crippen LogP contribution is -2.29. The number of fused-ring (bicyclic) bond motifs is 2. The Balaban J connectivity index is 1.37. The van der Waals surface area contributed by atoms with Crippen LogP contribution in [0.4, 0.5) is 0 Å². The van der Waals surface area contributed by atoms with E-state index in [4.69, 9.17) is 5.21 Å². The van der Waals surface area contributed by atoms with E-state index in [0.29, 0.717) is 6.04 Å². The predicted octanol–water partition coefficient (Wildman–Crippen LogP) is 4.14. The molecule has 0 saturated heterocycles. The molecule has 2 heterocycles. The Labute approximate surface area is 192 Å². The van der Waals surface area contributed by atoms with Crippen molar-refractivity contribution in [3.05, 3.63) is 95.2 Å². The highest BCUT2D eigenvalue weighted by Gasteiger charge is 2.28. The van der Waals surface area contributed by atoms with Gasteiger partial charge < -0.3 is 9.97 Å². The summed E-state index contributed by atoms with van der Waals surface area (Å²) in [6.07, 6.45) is 11.8. The maximum Gasteiger partial charge on any atom is 0.267 e. The third kappa shape index (κ3) is 4.60. The number of hydroxylamine groups is 1. The molecule has 1 aliphatic rings. The first-order valence-corrected chi connectivity index (χ1v) is 11.2. The smallest absolute Gasteiger partial charge is 0.267 e. The number of rotatable bonds is 8. The molecule has 33 heavy (non-hydrogen) atoms. The van der Waals surface area contributed by atoms with Crippen LogP contribution in [0.3, 0.4) is 0 Å². The first-order valence-electron chi connectivity index (χ1n) is 11.2. The maximum atomic E-state index is 11.3. The highest BCUT2D eigenvalue weighted by molar-refractivity contribution is 5.90. The van der Waals surface area contributed by atoms with Crippen LogP contribution in [-0.4, -0.2) is 37.5 Å². The summed E-state index contributed by atoms with van der Waals surface area (Å²) in [6.45, 7) is 1.68. The van der Waals surface area contributed by atoms with E-state index in [1.807, 2.05) is 12.3 Å². The molecule has 2 aromatic heterocycles. The second kappa shape index (κ2) is 9.44. The summed E-state index contributed by atoms with van der Waals surface area (Å²) < 4.78 is 0. The van der Waals surface area contributed by atoms with E-state index in [0.717, 1.165) is 43.7 Å². The van der Waals surface area contributed by atoms with Gasteiger partial charge in [0.1, 0.15) is 5.82 Å². The van der Waals surface area contributed by atoms with E-state index in [1.54, 1.807) is 17.8 Å². The van der Waals surface area contributed by atoms with Crippen molar-refractivity contribution in [2.75, 3.05) is 6.54 Å². The number of carbonyl (C=O) groups excluding carboxylic acids is 1. The number of benzene rings is 2. The molecular weight excluding hydrogens is 414 g/mol. The molecule has 2 aromatic carbocycles. The monoisotopic (exact) mass is 441 g/mol. The number of nitrogens with zero attached hydrogens (tertiary/aromatic N) is 2. The van der Waals surface area contributed by atoms with Gasteiger partial charge in [0.2, 0.25) is 0 Å². The van der Waals surface area contributed by atoms with Gasteiger partial charge >= 0.3 is 0 Å². The Morgan fingerprint density at radius 2 is 2.15 bits per heavy atom.